The average Bonchev–Trinajstić information content (AvgIpc) is 2.35. The highest BCUT2D eigenvalue weighted by molar-refractivity contribution is 5.85. The molecule has 0 heterocycles. The van der Waals surface area contributed by atoms with Gasteiger partial charge in [0.05, 0.1) is 6.61 Å². The molecule has 1 atom stereocenters. The summed E-state index contributed by atoms with van der Waals surface area (Å²) in [5.41, 5.74) is 6.10. The number of rotatable bonds is 5. The van der Waals surface area contributed by atoms with E-state index in [4.69, 9.17) is 10.5 Å². The van der Waals surface area contributed by atoms with E-state index in [0.717, 1.165) is 12.5 Å². The van der Waals surface area contributed by atoms with Crippen molar-refractivity contribution in [3.8, 4) is 0 Å². The molecule has 5 heteroatoms. The second kappa shape index (κ2) is 8.85. The summed E-state index contributed by atoms with van der Waals surface area (Å²) in [4.78, 5) is 11.7. The van der Waals surface area contributed by atoms with Crippen LogP contribution in [0.15, 0.2) is 0 Å². The molecule has 0 radical (unpaired) electrons. The number of ether oxygens (including phenoxy) is 1. The second-order valence-electron chi connectivity index (χ2n) is 6.89. The van der Waals surface area contributed by atoms with Crippen LogP contribution in [-0.2, 0) is 9.53 Å². The molecule has 1 aliphatic rings. The number of halogens is 1. The van der Waals surface area contributed by atoms with Crippen molar-refractivity contribution in [2.24, 2.45) is 23.0 Å². The molecule has 1 aliphatic carbocycles. The molecule has 0 aromatic carbocycles. The van der Waals surface area contributed by atoms with E-state index in [1.807, 2.05) is 0 Å². The first-order valence-electron chi connectivity index (χ1n) is 7.36. The van der Waals surface area contributed by atoms with E-state index in [1.165, 1.54) is 25.7 Å². The second-order valence-corrected chi connectivity index (χ2v) is 6.89. The molecule has 1 rings (SSSR count). The predicted octanol–water partition coefficient (Wildman–Crippen LogP) is 2.35. The maximum Gasteiger partial charge on any atom is 0.239 e. The van der Waals surface area contributed by atoms with Crippen molar-refractivity contribution >= 4 is 18.3 Å². The largest absolute Gasteiger partial charge is 0.383 e. The molecule has 3 N–H and O–H groups in total. The lowest BCUT2D eigenvalue weighted by molar-refractivity contribution is -0.123. The van der Waals surface area contributed by atoms with E-state index in [2.05, 4.69) is 26.1 Å². The lowest BCUT2D eigenvalue weighted by Crippen LogP contribution is -2.45. The smallest absolute Gasteiger partial charge is 0.239 e. The van der Waals surface area contributed by atoms with Gasteiger partial charge in [-0.1, -0.05) is 20.8 Å². The van der Waals surface area contributed by atoms with E-state index in [0.29, 0.717) is 11.3 Å². The van der Waals surface area contributed by atoms with Crippen LogP contribution in [-0.4, -0.2) is 32.2 Å². The van der Waals surface area contributed by atoms with E-state index in [1.54, 1.807) is 7.11 Å². The van der Waals surface area contributed by atoms with E-state index >= 15 is 0 Å². The lowest BCUT2D eigenvalue weighted by Gasteiger charge is -2.37. The highest BCUT2D eigenvalue weighted by Crippen LogP contribution is 2.39. The first-order chi connectivity index (χ1) is 8.84. The molecule has 1 amide bonds. The van der Waals surface area contributed by atoms with Gasteiger partial charge in [-0.15, -0.1) is 12.4 Å². The van der Waals surface area contributed by atoms with Crippen molar-refractivity contribution in [3.05, 3.63) is 0 Å². The number of hydrogen-bond donors (Lipinski definition) is 2. The standard InChI is InChI=1S/C15H30N2O2.ClH/c1-15(2,3)12-7-5-11(6-8-12)9-17-14(18)13(16)10-19-4;/h11-13H,5-10,16H2,1-4H3,(H,17,18);1H. The van der Waals surface area contributed by atoms with Crippen LogP contribution in [0.3, 0.4) is 0 Å². The van der Waals surface area contributed by atoms with Crippen molar-refractivity contribution in [1.82, 2.24) is 5.32 Å². The fraction of sp³-hybridized carbons (Fsp3) is 0.933. The Labute approximate surface area is 129 Å². The van der Waals surface area contributed by atoms with Gasteiger partial charge < -0.3 is 15.8 Å². The van der Waals surface area contributed by atoms with Crippen LogP contribution in [0.5, 0.6) is 0 Å². The Bertz CT molecular complexity index is 284. The summed E-state index contributed by atoms with van der Waals surface area (Å²) in [6.07, 6.45) is 4.96. The Balaban J connectivity index is 0.00000361. The van der Waals surface area contributed by atoms with Gasteiger partial charge >= 0.3 is 0 Å². The first kappa shape index (κ1) is 19.7. The molecular formula is C15H31ClN2O2. The molecule has 0 aromatic rings. The molecule has 0 aliphatic heterocycles. The third-order valence-electron chi connectivity index (χ3n) is 4.32. The maximum absolute atomic E-state index is 11.7. The zero-order valence-electron chi connectivity index (χ0n) is 13.3. The van der Waals surface area contributed by atoms with Crippen LogP contribution in [0.25, 0.3) is 0 Å². The van der Waals surface area contributed by atoms with Crippen LogP contribution >= 0.6 is 12.4 Å². The normalized spacial score (nSPS) is 24.6. The van der Waals surface area contributed by atoms with Gasteiger partial charge in [-0.25, -0.2) is 0 Å². The number of hydrogen-bond acceptors (Lipinski definition) is 3. The Kier molecular flexibility index (Phi) is 8.71. The molecule has 0 bridgehead atoms. The van der Waals surface area contributed by atoms with Crippen LogP contribution in [0.2, 0.25) is 0 Å². The van der Waals surface area contributed by atoms with Gasteiger partial charge in [0, 0.05) is 13.7 Å². The third-order valence-corrected chi connectivity index (χ3v) is 4.32. The monoisotopic (exact) mass is 306 g/mol. The van der Waals surface area contributed by atoms with Gasteiger partial charge in [0.2, 0.25) is 5.91 Å². The van der Waals surface area contributed by atoms with Gasteiger partial charge in [-0.05, 0) is 42.9 Å². The Morgan fingerprint density at radius 3 is 2.30 bits per heavy atom. The third kappa shape index (κ3) is 6.42. The van der Waals surface area contributed by atoms with E-state index in [9.17, 15) is 4.79 Å². The zero-order chi connectivity index (χ0) is 14.5. The van der Waals surface area contributed by atoms with E-state index < -0.39 is 6.04 Å². The number of carbonyl (C=O) groups is 1. The average molecular weight is 307 g/mol. The minimum absolute atomic E-state index is 0. The highest BCUT2D eigenvalue weighted by atomic mass is 35.5. The zero-order valence-corrected chi connectivity index (χ0v) is 14.1. The summed E-state index contributed by atoms with van der Waals surface area (Å²) >= 11 is 0. The Hall–Kier alpha value is -0.320. The van der Waals surface area contributed by atoms with Crippen LogP contribution in [0.1, 0.15) is 46.5 Å². The summed E-state index contributed by atoms with van der Waals surface area (Å²) in [6, 6.07) is -0.545. The molecular weight excluding hydrogens is 276 g/mol. The van der Waals surface area contributed by atoms with Crippen LogP contribution < -0.4 is 11.1 Å². The fourth-order valence-corrected chi connectivity index (χ4v) is 2.86. The predicted molar refractivity (Wildman–Crippen MR) is 85.0 cm³/mol. The Morgan fingerprint density at radius 1 is 1.30 bits per heavy atom. The van der Waals surface area contributed by atoms with Crippen LogP contribution in [0.4, 0.5) is 0 Å². The van der Waals surface area contributed by atoms with Crippen molar-refractivity contribution in [2.45, 2.75) is 52.5 Å². The van der Waals surface area contributed by atoms with Crippen molar-refractivity contribution in [2.75, 3.05) is 20.3 Å². The SMILES string of the molecule is COCC(N)C(=O)NCC1CCC(C(C)(C)C)CC1.Cl. The summed E-state index contributed by atoms with van der Waals surface area (Å²) in [5, 5.41) is 2.95. The molecule has 20 heavy (non-hydrogen) atoms. The molecule has 4 nitrogen and oxygen atoms in total. The van der Waals surface area contributed by atoms with Gasteiger partial charge in [0.25, 0.3) is 0 Å². The summed E-state index contributed by atoms with van der Waals surface area (Å²) in [6.45, 7) is 8.01. The molecule has 1 saturated carbocycles. The van der Waals surface area contributed by atoms with Crippen molar-refractivity contribution in [1.29, 1.82) is 0 Å². The molecule has 1 unspecified atom stereocenters. The van der Waals surface area contributed by atoms with Gasteiger partial charge in [-0.2, -0.15) is 0 Å². The number of methoxy groups -OCH3 is 1. The summed E-state index contributed by atoms with van der Waals surface area (Å²) in [5.74, 6) is 1.33. The maximum atomic E-state index is 11.7. The number of carbonyl (C=O) groups excluding carboxylic acids is 1. The molecule has 0 spiro atoms. The molecule has 1 fully saturated rings. The molecule has 0 saturated heterocycles. The molecule has 120 valence electrons. The molecule has 0 aromatic heterocycles. The lowest BCUT2D eigenvalue weighted by atomic mass is 9.70. The van der Waals surface area contributed by atoms with Gasteiger partial charge in [0.1, 0.15) is 6.04 Å². The van der Waals surface area contributed by atoms with Crippen molar-refractivity contribution < 1.29 is 9.53 Å². The van der Waals surface area contributed by atoms with Crippen molar-refractivity contribution in [3.63, 3.8) is 0 Å². The highest BCUT2D eigenvalue weighted by Gasteiger charge is 2.29. The fourth-order valence-electron chi connectivity index (χ4n) is 2.86. The number of nitrogens with one attached hydrogen (secondary N) is 1. The van der Waals surface area contributed by atoms with Gasteiger partial charge in [-0.3, -0.25) is 4.79 Å². The summed E-state index contributed by atoms with van der Waals surface area (Å²) in [7, 11) is 1.56. The number of amides is 1. The minimum atomic E-state index is -0.545. The minimum Gasteiger partial charge on any atom is -0.383 e. The number of nitrogens with two attached hydrogens (primary N) is 1. The Morgan fingerprint density at radius 2 is 1.85 bits per heavy atom. The van der Waals surface area contributed by atoms with Gasteiger partial charge in [0.15, 0.2) is 0 Å². The quantitative estimate of drug-likeness (QED) is 0.819. The first-order valence-corrected chi connectivity index (χ1v) is 7.36. The topological polar surface area (TPSA) is 64.3 Å². The summed E-state index contributed by atoms with van der Waals surface area (Å²) < 4.78 is 4.88. The van der Waals surface area contributed by atoms with Crippen LogP contribution in [0, 0.1) is 17.3 Å². The van der Waals surface area contributed by atoms with E-state index in [-0.39, 0.29) is 24.9 Å².